The molecule has 0 atom stereocenters. The van der Waals surface area contributed by atoms with Gasteiger partial charge in [-0.25, -0.2) is 0 Å². The molecule has 11 aromatic rings. The van der Waals surface area contributed by atoms with Crippen LogP contribution in [0.5, 0.6) is 0 Å². The molecule has 0 heteroatoms. The molecular formula is C57H38. The molecule has 0 saturated carbocycles. The molecule has 0 unspecified atom stereocenters. The summed E-state index contributed by atoms with van der Waals surface area (Å²) in [5.74, 6) is 0. The van der Waals surface area contributed by atoms with Crippen molar-refractivity contribution in [3.8, 4) is 44.5 Å². The summed E-state index contributed by atoms with van der Waals surface area (Å²) in [5, 5.41) is 15.5. The molecule has 1 aliphatic rings. The van der Waals surface area contributed by atoms with Crippen LogP contribution in [0.4, 0.5) is 0 Å². The molecule has 12 rings (SSSR count). The van der Waals surface area contributed by atoms with Gasteiger partial charge in [-0.15, -0.1) is 0 Å². The van der Waals surface area contributed by atoms with Gasteiger partial charge in [-0.1, -0.05) is 190 Å². The topological polar surface area (TPSA) is 0 Å². The molecule has 266 valence electrons. The normalized spacial score (nSPS) is 13.2. The second-order valence-corrected chi connectivity index (χ2v) is 16.4. The lowest BCUT2D eigenvalue weighted by atomic mass is 9.80. The number of benzene rings is 11. The van der Waals surface area contributed by atoms with E-state index in [9.17, 15) is 0 Å². The third kappa shape index (κ3) is 4.62. The predicted molar refractivity (Wildman–Crippen MR) is 245 cm³/mol. The van der Waals surface area contributed by atoms with Crippen LogP contribution in [0.3, 0.4) is 0 Å². The van der Waals surface area contributed by atoms with Crippen molar-refractivity contribution in [3.63, 3.8) is 0 Å². The van der Waals surface area contributed by atoms with Gasteiger partial charge in [0, 0.05) is 5.41 Å². The molecule has 0 nitrogen and oxygen atoms in total. The minimum atomic E-state index is -0.145. The maximum absolute atomic E-state index is 2.47. The quantitative estimate of drug-likeness (QED) is 0.159. The molecule has 11 aromatic carbocycles. The summed E-state index contributed by atoms with van der Waals surface area (Å²) in [7, 11) is 0. The zero-order valence-electron chi connectivity index (χ0n) is 32.0. The van der Waals surface area contributed by atoms with Crippen molar-refractivity contribution in [3.05, 3.63) is 205 Å². The Balaban J connectivity index is 1.02. The Morgan fingerprint density at radius 2 is 0.667 bits per heavy atom. The predicted octanol–water partition coefficient (Wildman–Crippen LogP) is 15.9. The van der Waals surface area contributed by atoms with Gasteiger partial charge in [0.15, 0.2) is 0 Å². The number of fused-ring (bicyclic) bond motifs is 13. The summed E-state index contributed by atoms with van der Waals surface area (Å²) >= 11 is 0. The molecule has 1 aliphatic carbocycles. The standard InChI is InChI=1S/C57H38/c1-57(2)54-32-36(39-23-11-15-35-14-3-4-16-38(35)39)28-30-48(54)49-31-29-37(33-55(49)57)40-24-12-26-43-41(40)25-13-27-45(43)52-34-53-46-19-6-5-17-42(46)44-18-7-9-21-50(44)56(53)51-22-10-8-20-47(51)52/h3-34H,1-2H3. The molecule has 0 amide bonds. The van der Waals surface area contributed by atoms with Crippen LogP contribution >= 0.6 is 0 Å². The highest BCUT2D eigenvalue weighted by Gasteiger charge is 2.36. The summed E-state index contributed by atoms with van der Waals surface area (Å²) in [6, 6.07) is 72.7. The zero-order valence-corrected chi connectivity index (χ0v) is 32.0. The van der Waals surface area contributed by atoms with E-state index >= 15 is 0 Å². The van der Waals surface area contributed by atoms with Gasteiger partial charge in [-0.3, -0.25) is 0 Å². The molecule has 0 heterocycles. The third-order valence-electron chi connectivity index (χ3n) is 13.0. The fourth-order valence-corrected chi connectivity index (χ4v) is 10.3. The van der Waals surface area contributed by atoms with Crippen molar-refractivity contribution in [1.82, 2.24) is 0 Å². The number of hydrogen-bond donors (Lipinski definition) is 0. The summed E-state index contributed by atoms with van der Waals surface area (Å²) < 4.78 is 0. The Hall–Kier alpha value is -7.02. The molecule has 0 N–H and O–H groups in total. The van der Waals surface area contributed by atoms with E-state index in [1.165, 1.54) is 120 Å². The summed E-state index contributed by atoms with van der Waals surface area (Å²) in [5.41, 5.74) is 12.9. The lowest BCUT2D eigenvalue weighted by molar-refractivity contribution is 0.661. The van der Waals surface area contributed by atoms with Gasteiger partial charge in [0.25, 0.3) is 0 Å². The summed E-state index contributed by atoms with van der Waals surface area (Å²) in [6.07, 6.45) is 0. The van der Waals surface area contributed by atoms with Crippen molar-refractivity contribution in [2.24, 2.45) is 0 Å². The zero-order chi connectivity index (χ0) is 37.8. The van der Waals surface area contributed by atoms with Crippen LogP contribution in [0.1, 0.15) is 25.0 Å². The Kier molecular flexibility index (Phi) is 6.78. The first-order chi connectivity index (χ1) is 28.0. The average Bonchev–Trinajstić information content (AvgIpc) is 3.50. The Morgan fingerprint density at radius 1 is 0.263 bits per heavy atom. The second-order valence-electron chi connectivity index (χ2n) is 16.4. The van der Waals surface area contributed by atoms with E-state index in [1.807, 2.05) is 0 Å². The average molecular weight is 723 g/mol. The number of hydrogen-bond acceptors (Lipinski definition) is 0. The van der Waals surface area contributed by atoms with Crippen LogP contribution in [0, 0.1) is 0 Å². The van der Waals surface area contributed by atoms with Gasteiger partial charge in [0.05, 0.1) is 0 Å². The Labute approximate surface area is 332 Å². The highest BCUT2D eigenvalue weighted by Crippen LogP contribution is 2.52. The van der Waals surface area contributed by atoms with Gasteiger partial charge in [-0.05, 0) is 138 Å². The smallest absolute Gasteiger partial charge is 0.0159 e. The van der Waals surface area contributed by atoms with E-state index in [0.29, 0.717) is 0 Å². The van der Waals surface area contributed by atoms with Crippen LogP contribution in [-0.2, 0) is 5.41 Å². The molecule has 0 spiro atoms. The first kappa shape index (κ1) is 32.2. The highest BCUT2D eigenvalue weighted by molar-refractivity contribution is 6.33. The molecule has 0 bridgehead atoms. The van der Waals surface area contributed by atoms with Crippen LogP contribution in [-0.4, -0.2) is 0 Å². The molecule has 0 saturated heterocycles. The number of rotatable bonds is 3. The lowest BCUT2D eigenvalue weighted by Crippen LogP contribution is -2.15. The lowest BCUT2D eigenvalue weighted by Gasteiger charge is -2.23. The summed E-state index contributed by atoms with van der Waals surface area (Å²) in [6.45, 7) is 4.79. The van der Waals surface area contributed by atoms with E-state index in [0.717, 1.165) is 0 Å². The second kappa shape index (κ2) is 12.0. The minimum Gasteiger partial charge on any atom is -0.0616 e. The largest absolute Gasteiger partial charge is 0.0616 e. The van der Waals surface area contributed by atoms with Crippen molar-refractivity contribution < 1.29 is 0 Å². The monoisotopic (exact) mass is 722 g/mol. The SMILES string of the molecule is CC1(C)c2cc(-c3cccc4ccccc34)ccc2-c2ccc(-c3cccc4c(-c5cc6c7ccccc7c7ccccc7c6c6ccccc56)cccc34)cc21. The first-order valence-electron chi connectivity index (χ1n) is 20.1. The van der Waals surface area contributed by atoms with Gasteiger partial charge < -0.3 is 0 Å². The fraction of sp³-hybridized carbons (Fsp3) is 0.0526. The molecule has 0 fully saturated rings. The third-order valence-corrected chi connectivity index (χ3v) is 13.0. The molecule has 0 aromatic heterocycles. The molecule has 0 radical (unpaired) electrons. The van der Waals surface area contributed by atoms with Crippen molar-refractivity contribution in [1.29, 1.82) is 0 Å². The van der Waals surface area contributed by atoms with E-state index in [2.05, 4.69) is 208 Å². The van der Waals surface area contributed by atoms with Gasteiger partial charge in [0.2, 0.25) is 0 Å². The van der Waals surface area contributed by atoms with Crippen LogP contribution < -0.4 is 0 Å². The van der Waals surface area contributed by atoms with E-state index in [-0.39, 0.29) is 5.41 Å². The molecule has 57 heavy (non-hydrogen) atoms. The van der Waals surface area contributed by atoms with Crippen molar-refractivity contribution in [2.75, 3.05) is 0 Å². The van der Waals surface area contributed by atoms with Gasteiger partial charge in [-0.2, -0.15) is 0 Å². The summed E-state index contributed by atoms with van der Waals surface area (Å²) in [4.78, 5) is 0. The molecule has 0 aliphatic heterocycles. The first-order valence-corrected chi connectivity index (χ1v) is 20.1. The highest BCUT2D eigenvalue weighted by atomic mass is 14.4. The van der Waals surface area contributed by atoms with Gasteiger partial charge in [0.1, 0.15) is 0 Å². The van der Waals surface area contributed by atoms with Crippen LogP contribution in [0.2, 0.25) is 0 Å². The van der Waals surface area contributed by atoms with Crippen LogP contribution in [0.25, 0.3) is 109 Å². The minimum absolute atomic E-state index is 0.145. The maximum atomic E-state index is 2.47. The van der Waals surface area contributed by atoms with E-state index in [1.54, 1.807) is 0 Å². The fourth-order valence-electron chi connectivity index (χ4n) is 10.3. The van der Waals surface area contributed by atoms with E-state index < -0.39 is 0 Å². The van der Waals surface area contributed by atoms with Gasteiger partial charge >= 0.3 is 0 Å². The van der Waals surface area contributed by atoms with Crippen molar-refractivity contribution in [2.45, 2.75) is 19.3 Å². The van der Waals surface area contributed by atoms with Crippen LogP contribution in [0.15, 0.2) is 194 Å². The Bertz CT molecular complexity index is 3480. The maximum Gasteiger partial charge on any atom is 0.0159 e. The molecular weight excluding hydrogens is 685 g/mol. The van der Waals surface area contributed by atoms with Crippen molar-refractivity contribution >= 4 is 64.6 Å². The Morgan fingerprint density at radius 3 is 1.32 bits per heavy atom. The van der Waals surface area contributed by atoms with E-state index in [4.69, 9.17) is 0 Å².